The Labute approximate surface area is 159 Å². The zero-order valence-corrected chi connectivity index (χ0v) is 15.2. The predicted octanol–water partition coefficient (Wildman–Crippen LogP) is 4.87. The minimum atomic E-state index is -0.743. The molecule has 0 saturated carbocycles. The zero-order valence-electron chi connectivity index (χ0n) is 15.2. The molecule has 0 aliphatic heterocycles. The lowest BCUT2D eigenvalue weighted by atomic mass is 9.80. The molecule has 1 N–H and O–H groups in total. The fourth-order valence-corrected chi connectivity index (χ4v) is 4.40. The molecule has 3 aromatic rings. The minimum Gasteiger partial charge on any atom is -0.497 e. The van der Waals surface area contributed by atoms with E-state index in [1.807, 2.05) is 66.7 Å². The molecule has 0 spiro atoms. The van der Waals surface area contributed by atoms with Crippen molar-refractivity contribution in [3.63, 3.8) is 0 Å². The molecule has 4 rings (SSSR count). The van der Waals surface area contributed by atoms with Gasteiger partial charge in [-0.15, -0.1) is 0 Å². The molecule has 3 aromatic carbocycles. The van der Waals surface area contributed by atoms with Gasteiger partial charge in [-0.1, -0.05) is 66.7 Å². The van der Waals surface area contributed by atoms with Crippen molar-refractivity contribution in [2.24, 2.45) is 5.92 Å². The highest BCUT2D eigenvalue weighted by atomic mass is 16.5. The first-order valence-corrected chi connectivity index (χ1v) is 9.18. The van der Waals surface area contributed by atoms with Gasteiger partial charge < -0.3 is 9.84 Å². The van der Waals surface area contributed by atoms with Crippen LogP contribution in [0, 0.1) is 5.92 Å². The van der Waals surface area contributed by atoms with Gasteiger partial charge in [-0.2, -0.15) is 0 Å². The Bertz CT molecular complexity index is 949. The van der Waals surface area contributed by atoms with Crippen molar-refractivity contribution in [3.8, 4) is 5.75 Å². The van der Waals surface area contributed by atoms with Gasteiger partial charge in [0.1, 0.15) is 5.75 Å². The second kappa shape index (κ2) is 7.28. The van der Waals surface area contributed by atoms with Gasteiger partial charge in [-0.25, -0.2) is 0 Å². The highest BCUT2D eigenvalue weighted by molar-refractivity contribution is 5.76. The molecule has 0 fully saturated rings. The maximum atomic E-state index is 12.4. The number of methoxy groups -OCH3 is 1. The van der Waals surface area contributed by atoms with Crippen molar-refractivity contribution in [2.45, 2.75) is 18.3 Å². The Hall–Kier alpha value is -3.07. The molecule has 0 aromatic heterocycles. The van der Waals surface area contributed by atoms with Crippen molar-refractivity contribution in [1.29, 1.82) is 0 Å². The number of benzene rings is 3. The lowest BCUT2D eigenvalue weighted by molar-refractivity contribution is -0.142. The maximum absolute atomic E-state index is 12.4. The predicted molar refractivity (Wildman–Crippen MR) is 105 cm³/mol. The van der Waals surface area contributed by atoms with Gasteiger partial charge in [0.2, 0.25) is 0 Å². The minimum absolute atomic E-state index is 0.0731. The Balaban J connectivity index is 1.79. The highest BCUT2D eigenvalue weighted by Gasteiger charge is 2.45. The smallest absolute Gasteiger partial charge is 0.308 e. The van der Waals surface area contributed by atoms with Crippen molar-refractivity contribution in [3.05, 3.63) is 101 Å². The Morgan fingerprint density at radius 1 is 0.926 bits per heavy atom. The van der Waals surface area contributed by atoms with E-state index in [4.69, 9.17) is 4.74 Å². The first-order chi connectivity index (χ1) is 13.2. The van der Waals surface area contributed by atoms with E-state index in [9.17, 15) is 9.90 Å². The van der Waals surface area contributed by atoms with Gasteiger partial charge >= 0.3 is 5.97 Å². The number of carbonyl (C=O) groups is 1. The topological polar surface area (TPSA) is 46.5 Å². The zero-order chi connectivity index (χ0) is 18.8. The van der Waals surface area contributed by atoms with E-state index >= 15 is 0 Å². The van der Waals surface area contributed by atoms with E-state index in [0.717, 1.165) is 28.0 Å². The van der Waals surface area contributed by atoms with Crippen LogP contribution in [0.25, 0.3) is 0 Å². The maximum Gasteiger partial charge on any atom is 0.308 e. The summed E-state index contributed by atoms with van der Waals surface area (Å²) in [6, 6.07) is 26.1. The van der Waals surface area contributed by atoms with Crippen molar-refractivity contribution < 1.29 is 14.6 Å². The van der Waals surface area contributed by atoms with Gasteiger partial charge in [-0.3, -0.25) is 4.79 Å². The van der Waals surface area contributed by atoms with E-state index in [-0.39, 0.29) is 11.8 Å². The molecular weight excluding hydrogens is 336 g/mol. The van der Waals surface area contributed by atoms with E-state index in [1.54, 1.807) is 7.11 Å². The van der Waals surface area contributed by atoms with Gasteiger partial charge in [0, 0.05) is 11.8 Å². The van der Waals surface area contributed by atoms with Crippen LogP contribution in [-0.4, -0.2) is 18.2 Å². The van der Waals surface area contributed by atoms with Crippen LogP contribution >= 0.6 is 0 Å². The molecule has 3 nitrogen and oxygen atoms in total. The summed E-state index contributed by atoms with van der Waals surface area (Å²) >= 11 is 0. The summed E-state index contributed by atoms with van der Waals surface area (Å²) in [6.07, 6.45) is 0.675. The van der Waals surface area contributed by atoms with E-state index in [0.29, 0.717) is 6.42 Å². The Morgan fingerprint density at radius 2 is 1.63 bits per heavy atom. The lowest BCUT2D eigenvalue weighted by Gasteiger charge is -2.22. The molecule has 0 radical (unpaired) electrons. The second-order valence-electron chi connectivity index (χ2n) is 7.04. The number of hydrogen-bond acceptors (Lipinski definition) is 2. The summed E-state index contributed by atoms with van der Waals surface area (Å²) in [5.74, 6) is -0.638. The molecule has 3 unspecified atom stereocenters. The lowest BCUT2D eigenvalue weighted by Crippen LogP contribution is -2.24. The molecule has 1 aliphatic rings. The van der Waals surface area contributed by atoms with Crippen molar-refractivity contribution >= 4 is 5.97 Å². The molecular formula is C24H22O3. The quantitative estimate of drug-likeness (QED) is 0.708. The van der Waals surface area contributed by atoms with Crippen LogP contribution in [-0.2, 0) is 11.2 Å². The van der Waals surface area contributed by atoms with Crippen LogP contribution in [0.1, 0.15) is 34.1 Å². The number of fused-ring (bicyclic) bond motifs is 1. The van der Waals surface area contributed by atoms with E-state index < -0.39 is 11.9 Å². The first kappa shape index (κ1) is 17.3. The molecule has 0 saturated heterocycles. The van der Waals surface area contributed by atoms with Crippen molar-refractivity contribution in [1.82, 2.24) is 0 Å². The Kier molecular flexibility index (Phi) is 4.68. The van der Waals surface area contributed by atoms with Crippen LogP contribution < -0.4 is 4.74 Å². The summed E-state index contributed by atoms with van der Waals surface area (Å²) in [5.41, 5.74) is 4.42. The third kappa shape index (κ3) is 3.21. The molecule has 3 heteroatoms. The number of aliphatic carboxylic acids is 1. The fraction of sp³-hybridized carbons (Fsp3) is 0.208. The van der Waals surface area contributed by atoms with E-state index in [2.05, 4.69) is 12.1 Å². The van der Waals surface area contributed by atoms with Crippen LogP contribution in [0.15, 0.2) is 78.9 Å². The van der Waals surface area contributed by atoms with E-state index in [1.165, 1.54) is 0 Å². The van der Waals surface area contributed by atoms with Crippen LogP contribution in [0.2, 0.25) is 0 Å². The average molecular weight is 358 g/mol. The summed E-state index contributed by atoms with van der Waals surface area (Å²) in [4.78, 5) is 12.4. The monoisotopic (exact) mass is 358 g/mol. The van der Waals surface area contributed by atoms with Crippen molar-refractivity contribution in [2.75, 3.05) is 7.11 Å². The van der Waals surface area contributed by atoms with Crippen LogP contribution in [0.5, 0.6) is 5.75 Å². The summed E-state index contributed by atoms with van der Waals surface area (Å²) in [6.45, 7) is 0. The molecule has 0 amide bonds. The molecule has 27 heavy (non-hydrogen) atoms. The van der Waals surface area contributed by atoms with Crippen LogP contribution in [0.3, 0.4) is 0 Å². The third-order valence-electron chi connectivity index (χ3n) is 5.56. The van der Waals surface area contributed by atoms with Gasteiger partial charge in [0.15, 0.2) is 0 Å². The summed E-state index contributed by atoms with van der Waals surface area (Å²) < 4.78 is 5.34. The number of rotatable bonds is 5. The molecule has 0 bridgehead atoms. The standard InChI is InChI=1S/C24H22O3/c1-27-18-11-7-8-16(14-18)15-21-19-12-5-6-13-20(19)22(23(21)24(25)26)17-9-3-2-4-10-17/h2-14,21-23H,15H2,1H3,(H,25,26). The average Bonchev–Trinajstić information content (AvgIpc) is 3.03. The van der Waals surface area contributed by atoms with Gasteiger partial charge in [0.05, 0.1) is 13.0 Å². The molecule has 0 heterocycles. The fourth-order valence-electron chi connectivity index (χ4n) is 4.40. The van der Waals surface area contributed by atoms with Crippen LogP contribution in [0.4, 0.5) is 0 Å². The number of hydrogen-bond donors (Lipinski definition) is 1. The normalized spacial score (nSPS) is 20.9. The molecule has 3 atom stereocenters. The second-order valence-corrected chi connectivity index (χ2v) is 7.04. The summed E-state index contributed by atoms with van der Waals surface area (Å²) in [7, 11) is 1.65. The largest absolute Gasteiger partial charge is 0.497 e. The number of carboxylic acid groups (broad SMARTS) is 1. The SMILES string of the molecule is COc1cccc(CC2c3ccccc3C(c3ccccc3)C2C(=O)O)c1. The number of ether oxygens (including phenoxy) is 1. The van der Waals surface area contributed by atoms with Gasteiger partial charge in [-0.05, 0) is 40.8 Å². The Morgan fingerprint density at radius 3 is 2.33 bits per heavy atom. The summed E-state index contributed by atoms with van der Waals surface area (Å²) in [5, 5.41) is 10.1. The highest BCUT2D eigenvalue weighted by Crippen LogP contribution is 2.51. The molecule has 1 aliphatic carbocycles. The molecule has 136 valence electrons. The first-order valence-electron chi connectivity index (χ1n) is 9.18. The number of carboxylic acids is 1. The third-order valence-corrected chi connectivity index (χ3v) is 5.56. The van der Waals surface area contributed by atoms with Gasteiger partial charge in [0.25, 0.3) is 0 Å².